The Kier molecular flexibility index (Phi) is 5.39. The molecule has 4 heterocycles. The lowest BCUT2D eigenvalue weighted by Gasteiger charge is -2.25. The Balaban J connectivity index is 1.46. The highest BCUT2D eigenvalue weighted by Gasteiger charge is 2.19. The zero-order valence-electron chi connectivity index (χ0n) is 17.7. The van der Waals surface area contributed by atoms with Gasteiger partial charge in [0.2, 0.25) is 17.6 Å². The first-order chi connectivity index (χ1) is 15.1. The van der Waals surface area contributed by atoms with Crippen LogP contribution in [0.15, 0.2) is 28.8 Å². The van der Waals surface area contributed by atoms with E-state index in [0.29, 0.717) is 29.9 Å². The second kappa shape index (κ2) is 8.33. The average molecular weight is 438 g/mol. The van der Waals surface area contributed by atoms with E-state index in [1.807, 2.05) is 24.3 Å². The lowest BCUT2D eigenvalue weighted by Crippen LogP contribution is -2.36. The third-order valence-corrected chi connectivity index (χ3v) is 6.47. The molecule has 0 aliphatic carbocycles. The van der Waals surface area contributed by atoms with Gasteiger partial charge in [0.15, 0.2) is 0 Å². The van der Waals surface area contributed by atoms with Gasteiger partial charge in [-0.2, -0.15) is 9.97 Å². The van der Waals surface area contributed by atoms with Crippen molar-refractivity contribution in [2.24, 2.45) is 0 Å². The van der Waals surface area contributed by atoms with Crippen molar-refractivity contribution in [1.82, 2.24) is 25.0 Å². The molecule has 3 aromatic heterocycles. The summed E-state index contributed by atoms with van der Waals surface area (Å²) in [6, 6.07) is 7.62. The van der Waals surface area contributed by atoms with Crippen LogP contribution in [0.4, 0.5) is 0 Å². The molecule has 0 saturated carbocycles. The van der Waals surface area contributed by atoms with Gasteiger partial charge in [0.25, 0.3) is 0 Å². The molecule has 31 heavy (non-hydrogen) atoms. The summed E-state index contributed by atoms with van der Waals surface area (Å²) >= 11 is 1.68. The predicted octanol–water partition coefficient (Wildman–Crippen LogP) is 4.29. The Bertz CT molecular complexity index is 1210. The zero-order chi connectivity index (χ0) is 21.4. The molecule has 0 amide bonds. The Morgan fingerprint density at radius 1 is 1.03 bits per heavy atom. The molecule has 1 aliphatic rings. The van der Waals surface area contributed by atoms with Gasteiger partial charge in [0.05, 0.1) is 25.1 Å². The summed E-state index contributed by atoms with van der Waals surface area (Å²) in [5.41, 5.74) is 2.03. The topological polar surface area (TPSA) is 86.4 Å². The molecule has 0 bridgehead atoms. The highest BCUT2D eigenvalue weighted by atomic mass is 32.1. The van der Waals surface area contributed by atoms with E-state index in [1.54, 1.807) is 18.3 Å². The molecule has 5 rings (SSSR count). The summed E-state index contributed by atoms with van der Waals surface area (Å²) in [5, 5.41) is 4.94. The van der Waals surface area contributed by atoms with Crippen LogP contribution >= 0.6 is 11.3 Å². The van der Waals surface area contributed by atoms with Crippen molar-refractivity contribution in [3.05, 3.63) is 46.4 Å². The second-order valence-corrected chi connectivity index (χ2v) is 8.76. The summed E-state index contributed by atoms with van der Waals surface area (Å²) in [4.78, 5) is 18.4. The van der Waals surface area contributed by atoms with Crippen LogP contribution in [0.25, 0.3) is 21.6 Å². The Hall–Kier alpha value is -2.88. The maximum absolute atomic E-state index is 6.26. The molecule has 0 radical (unpaired) electrons. The lowest BCUT2D eigenvalue weighted by atomic mass is 10.2. The third-order valence-electron chi connectivity index (χ3n) is 5.37. The summed E-state index contributed by atoms with van der Waals surface area (Å²) in [6.07, 6.45) is 0. The number of hydrogen-bond acceptors (Lipinski definition) is 9. The minimum absolute atomic E-state index is 0.537. The largest absolute Gasteiger partial charge is 0.438 e. The van der Waals surface area contributed by atoms with Gasteiger partial charge >= 0.3 is 0 Å². The van der Waals surface area contributed by atoms with Crippen molar-refractivity contribution < 1.29 is 14.0 Å². The number of rotatable bonds is 5. The second-order valence-electron chi connectivity index (χ2n) is 7.56. The molecule has 8 nitrogen and oxygen atoms in total. The smallest absolute Gasteiger partial charge is 0.231 e. The van der Waals surface area contributed by atoms with Crippen LogP contribution in [0, 0.1) is 20.8 Å². The predicted molar refractivity (Wildman–Crippen MR) is 118 cm³/mol. The molecule has 1 aliphatic heterocycles. The van der Waals surface area contributed by atoms with Crippen LogP contribution in [-0.4, -0.2) is 51.3 Å². The van der Waals surface area contributed by atoms with E-state index in [0.717, 1.165) is 53.5 Å². The first kappa shape index (κ1) is 20.0. The van der Waals surface area contributed by atoms with Gasteiger partial charge in [-0.05, 0) is 43.7 Å². The van der Waals surface area contributed by atoms with E-state index in [4.69, 9.17) is 24.0 Å². The molecule has 160 valence electrons. The van der Waals surface area contributed by atoms with Crippen LogP contribution < -0.4 is 4.74 Å². The van der Waals surface area contributed by atoms with Gasteiger partial charge in [-0.3, -0.25) is 4.90 Å². The Labute approximate surface area is 183 Å². The number of aromatic nitrogens is 4. The van der Waals surface area contributed by atoms with Gasteiger partial charge in [0, 0.05) is 30.5 Å². The number of hydrogen-bond donors (Lipinski definition) is 0. The fourth-order valence-corrected chi connectivity index (χ4v) is 4.60. The maximum atomic E-state index is 6.26. The molecule has 9 heteroatoms. The Morgan fingerprint density at radius 2 is 1.81 bits per heavy atom. The normalized spacial score (nSPS) is 14.9. The molecule has 0 N–H and O–H groups in total. The van der Waals surface area contributed by atoms with E-state index in [1.165, 1.54) is 4.88 Å². The van der Waals surface area contributed by atoms with E-state index >= 15 is 0 Å². The molecular weight excluding hydrogens is 414 g/mol. The summed E-state index contributed by atoms with van der Waals surface area (Å²) in [7, 11) is 0. The van der Waals surface area contributed by atoms with Crippen molar-refractivity contribution in [2.75, 3.05) is 26.3 Å². The van der Waals surface area contributed by atoms with Gasteiger partial charge in [0.1, 0.15) is 16.4 Å². The van der Waals surface area contributed by atoms with Gasteiger partial charge in [-0.25, -0.2) is 4.98 Å². The minimum atomic E-state index is 0.537. The number of benzene rings is 1. The molecule has 1 fully saturated rings. The number of aryl methyl sites for hydroxylation is 3. The first-order valence-corrected chi connectivity index (χ1v) is 11.0. The van der Waals surface area contributed by atoms with Crippen LogP contribution in [0.1, 0.15) is 22.2 Å². The van der Waals surface area contributed by atoms with Gasteiger partial charge in [-0.15, -0.1) is 11.3 Å². The summed E-state index contributed by atoms with van der Waals surface area (Å²) in [6.45, 7) is 9.91. The van der Waals surface area contributed by atoms with Crippen molar-refractivity contribution in [2.45, 2.75) is 27.3 Å². The first-order valence-electron chi connectivity index (χ1n) is 10.2. The maximum Gasteiger partial charge on any atom is 0.231 e. The molecule has 4 aromatic rings. The van der Waals surface area contributed by atoms with Crippen molar-refractivity contribution in [1.29, 1.82) is 0 Å². The molecule has 0 unspecified atom stereocenters. The van der Waals surface area contributed by atoms with Gasteiger partial charge < -0.3 is 14.0 Å². The van der Waals surface area contributed by atoms with Crippen LogP contribution in [-0.2, 0) is 11.3 Å². The quantitative estimate of drug-likeness (QED) is 0.457. The van der Waals surface area contributed by atoms with Crippen LogP contribution in [0.2, 0.25) is 0 Å². The fraction of sp³-hybridized carbons (Fsp3) is 0.364. The van der Waals surface area contributed by atoms with Crippen molar-refractivity contribution in [3.8, 4) is 23.0 Å². The highest BCUT2D eigenvalue weighted by molar-refractivity contribution is 7.18. The van der Waals surface area contributed by atoms with E-state index in [-0.39, 0.29) is 0 Å². The minimum Gasteiger partial charge on any atom is -0.438 e. The lowest BCUT2D eigenvalue weighted by molar-refractivity contribution is 0.0330. The number of nitrogens with zero attached hydrogens (tertiary/aromatic N) is 5. The van der Waals surface area contributed by atoms with Crippen LogP contribution in [0.3, 0.4) is 0 Å². The molecular formula is C22H23N5O3S. The Morgan fingerprint density at radius 3 is 2.52 bits per heavy atom. The SMILES string of the molecule is Cc1nc(-c2ccc(Oc3nc(CN4CCOCC4)nc4sc(C)c(C)c34)cc2)no1. The van der Waals surface area contributed by atoms with Crippen molar-refractivity contribution in [3.63, 3.8) is 0 Å². The number of ether oxygens (including phenoxy) is 2. The third kappa shape index (κ3) is 4.16. The van der Waals surface area contributed by atoms with Crippen LogP contribution in [0.5, 0.6) is 11.6 Å². The average Bonchev–Trinajstić information content (AvgIpc) is 3.32. The summed E-state index contributed by atoms with van der Waals surface area (Å²) < 4.78 is 16.8. The molecule has 1 aromatic carbocycles. The van der Waals surface area contributed by atoms with E-state index in [2.05, 4.69) is 28.9 Å². The number of thiophene rings is 1. The van der Waals surface area contributed by atoms with E-state index in [9.17, 15) is 0 Å². The van der Waals surface area contributed by atoms with Crippen molar-refractivity contribution >= 4 is 21.6 Å². The van der Waals surface area contributed by atoms with E-state index < -0.39 is 0 Å². The fourth-order valence-electron chi connectivity index (χ4n) is 3.56. The zero-order valence-corrected chi connectivity index (χ0v) is 18.5. The highest BCUT2D eigenvalue weighted by Crippen LogP contribution is 2.37. The molecule has 1 saturated heterocycles. The summed E-state index contributed by atoms with van der Waals surface area (Å²) in [5.74, 6) is 3.16. The number of fused-ring (bicyclic) bond motifs is 1. The molecule has 0 spiro atoms. The monoisotopic (exact) mass is 437 g/mol. The van der Waals surface area contributed by atoms with Gasteiger partial charge in [-0.1, -0.05) is 5.16 Å². The molecule has 0 atom stereocenters. The standard InChI is InChI=1S/C22H23N5O3S/c1-13-14(2)31-22-19(13)21(24-18(25-22)12-27-8-10-28-11-9-27)29-17-6-4-16(5-7-17)20-23-15(3)30-26-20/h4-7H,8-12H2,1-3H3. The number of morpholine rings is 1.